The minimum atomic E-state index is -4.52. The van der Waals surface area contributed by atoms with Crippen LogP contribution in [0.5, 0.6) is 0 Å². The van der Waals surface area contributed by atoms with Crippen LogP contribution in [-0.2, 0) is 11.0 Å². The van der Waals surface area contributed by atoms with Gasteiger partial charge in [0, 0.05) is 18.8 Å². The molecule has 0 aromatic heterocycles. The van der Waals surface area contributed by atoms with Crippen LogP contribution in [0.3, 0.4) is 0 Å². The zero-order valence-corrected chi connectivity index (χ0v) is 12.0. The van der Waals surface area contributed by atoms with Gasteiger partial charge in [-0.3, -0.25) is 4.79 Å². The zero-order valence-electron chi connectivity index (χ0n) is 12.0. The number of halogens is 3. The number of nitrogens with zero attached hydrogens (tertiary/aromatic N) is 1. The predicted molar refractivity (Wildman–Crippen MR) is 75.0 cm³/mol. The fourth-order valence-corrected chi connectivity index (χ4v) is 2.81. The quantitative estimate of drug-likeness (QED) is 0.902. The number of rotatable bonds is 3. The first-order chi connectivity index (χ1) is 10.4. The van der Waals surface area contributed by atoms with Gasteiger partial charge in [-0.2, -0.15) is 18.4 Å². The minimum Gasteiger partial charge on any atom is -0.381 e. The summed E-state index contributed by atoms with van der Waals surface area (Å²) < 4.78 is 39.2. The molecule has 1 aliphatic rings. The first-order valence-corrected chi connectivity index (χ1v) is 6.96. The number of carbonyl (C=O) groups excluding carboxylic acids is 1. The monoisotopic (exact) mass is 311 g/mol. The molecule has 0 saturated heterocycles. The third-order valence-corrected chi connectivity index (χ3v) is 3.89. The number of amides is 1. The van der Waals surface area contributed by atoms with Crippen molar-refractivity contribution in [2.45, 2.75) is 31.5 Å². The van der Waals surface area contributed by atoms with Crippen LogP contribution in [0, 0.1) is 17.2 Å². The Morgan fingerprint density at radius 2 is 2.09 bits per heavy atom. The van der Waals surface area contributed by atoms with Gasteiger partial charge in [0.25, 0.3) is 0 Å². The Kier molecular flexibility index (Phi) is 4.59. The van der Waals surface area contributed by atoms with Crippen molar-refractivity contribution in [2.75, 3.05) is 12.4 Å². The van der Waals surface area contributed by atoms with Crippen molar-refractivity contribution in [1.29, 1.82) is 5.26 Å². The van der Waals surface area contributed by atoms with Crippen molar-refractivity contribution in [3.63, 3.8) is 0 Å². The summed E-state index contributed by atoms with van der Waals surface area (Å²) in [5, 5.41) is 14.2. The topological polar surface area (TPSA) is 64.9 Å². The van der Waals surface area contributed by atoms with Crippen LogP contribution in [0.2, 0.25) is 0 Å². The third-order valence-electron chi connectivity index (χ3n) is 3.89. The molecule has 0 heterocycles. The zero-order chi connectivity index (χ0) is 16.3. The summed E-state index contributed by atoms with van der Waals surface area (Å²) in [6, 6.07) is 4.68. The second-order valence-corrected chi connectivity index (χ2v) is 5.27. The standard InChI is InChI=1S/C15H16F3N3O/c1-20-14(22)10-3-2-4-12(10)21-13-7-9(8-19)5-6-11(13)15(16,17)18/h5-7,10,12,21H,2-4H2,1H3,(H,20,22)/t10-,12-/m0/s1. The molecular formula is C15H16F3N3O. The largest absolute Gasteiger partial charge is 0.418 e. The Morgan fingerprint density at radius 3 is 2.68 bits per heavy atom. The Labute approximate surface area is 126 Å². The lowest BCUT2D eigenvalue weighted by Gasteiger charge is -2.23. The fourth-order valence-electron chi connectivity index (χ4n) is 2.81. The van der Waals surface area contributed by atoms with Crippen molar-refractivity contribution >= 4 is 11.6 Å². The van der Waals surface area contributed by atoms with Gasteiger partial charge in [0.15, 0.2) is 0 Å². The molecule has 2 N–H and O–H groups in total. The van der Waals surface area contributed by atoms with E-state index >= 15 is 0 Å². The molecule has 0 bridgehead atoms. The van der Waals surface area contributed by atoms with Gasteiger partial charge < -0.3 is 10.6 Å². The number of alkyl halides is 3. The number of nitrogens with one attached hydrogen (secondary N) is 2. The highest BCUT2D eigenvalue weighted by Crippen LogP contribution is 2.37. The number of benzene rings is 1. The molecule has 2 atom stereocenters. The number of anilines is 1. The van der Waals surface area contributed by atoms with Crippen LogP contribution < -0.4 is 10.6 Å². The average Bonchev–Trinajstić information content (AvgIpc) is 2.93. The van der Waals surface area contributed by atoms with Crippen molar-refractivity contribution in [3.8, 4) is 6.07 Å². The molecule has 1 aliphatic carbocycles. The molecule has 1 aromatic rings. The highest BCUT2D eigenvalue weighted by Gasteiger charge is 2.37. The summed E-state index contributed by atoms with van der Waals surface area (Å²) in [4.78, 5) is 11.8. The second kappa shape index (κ2) is 6.26. The lowest BCUT2D eigenvalue weighted by Crippen LogP contribution is -2.36. The number of hydrogen-bond acceptors (Lipinski definition) is 3. The van der Waals surface area contributed by atoms with E-state index in [2.05, 4.69) is 10.6 Å². The molecule has 0 aliphatic heterocycles. The molecule has 7 heteroatoms. The Morgan fingerprint density at radius 1 is 1.36 bits per heavy atom. The van der Waals surface area contributed by atoms with E-state index in [4.69, 9.17) is 5.26 Å². The van der Waals surface area contributed by atoms with Gasteiger partial charge in [-0.05, 0) is 31.0 Å². The Bertz CT molecular complexity index is 607. The van der Waals surface area contributed by atoms with Gasteiger partial charge in [-0.1, -0.05) is 6.42 Å². The lowest BCUT2D eigenvalue weighted by molar-refractivity contribution is -0.137. The van der Waals surface area contributed by atoms with Crippen LogP contribution in [-0.4, -0.2) is 19.0 Å². The molecule has 22 heavy (non-hydrogen) atoms. The summed E-state index contributed by atoms with van der Waals surface area (Å²) in [7, 11) is 1.51. The van der Waals surface area contributed by atoms with Crippen LogP contribution in [0.25, 0.3) is 0 Å². The van der Waals surface area contributed by atoms with Gasteiger partial charge in [0.1, 0.15) is 0 Å². The van der Waals surface area contributed by atoms with Crippen LogP contribution in [0.15, 0.2) is 18.2 Å². The van der Waals surface area contributed by atoms with Gasteiger partial charge in [-0.15, -0.1) is 0 Å². The molecule has 1 saturated carbocycles. The lowest BCUT2D eigenvalue weighted by atomic mass is 10.0. The number of carbonyl (C=O) groups is 1. The number of nitriles is 1. The summed E-state index contributed by atoms with van der Waals surface area (Å²) in [5.41, 5.74) is -0.827. The fraction of sp³-hybridized carbons (Fsp3) is 0.467. The maximum atomic E-state index is 13.1. The molecule has 4 nitrogen and oxygen atoms in total. The van der Waals surface area contributed by atoms with E-state index in [-0.39, 0.29) is 29.1 Å². The molecule has 1 fully saturated rings. The van der Waals surface area contributed by atoms with E-state index in [0.29, 0.717) is 12.8 Å². The van der Waals surface area contributed by atoms with Crippen LogP contribution in [0.4, 0.5) is 18.9 Å². The maximum Gasteiger partial charge on any atom is 0.418 e. The third kappa shape index (κ3) is 3.32. The smallest absolute Gasteiger partial charge is 0.381 e. The second-order valence-electron chi connectivity index (χ2n) is 5.27. The molecular weight excluding hydrogens is 295 g/mol. The summed E-state index contributed by atoms with van der Waals surface area (Å²) >= 11 is 0. The average molecular weight is 311 g/mol. The molecule has 118 valence electrons. The molecule has 1 aromatic carbocycles. The molecule has 1 amide bonds. The van der Waals surface area contributed by atoms with E-state index in [1.807, 2.05) is 6.07 Å². The van der Waals surface area contributed by atoms with E-state index in [0.717, 1.165) is 18.6 Å². The predicted octanol–water partition coefficient (Wildman–Crippen LogP) is 2.90. The normalized spacial score (nSPS) is 21.2. The maximum absolute atomic E-state index is 13.1. The molecule has 0 unspecified atom stereocenters. The molecule has 0 spiro atoms. The van der Waals surface area contributed by atoms with Crippen molar-refractivity contribution in [1.82, 2.24) is 5.32 Å². The SMILES string of the molecule is CNC(=O)[C@H]1CCC[C@@H]1Nc1cc(C#N)ccc1C(F)(F)F. The first-order valence-electron chi connectivity index (χ1n) is 6.96. The molecule has 2 rings (SSSR count). The first kappa shape index (κ1) is 16.1. The Balaban J connectivity index is 2.31. The minimum absolute atomic E-state index is 0.144. The van der Waals surface area contributed by atoms with E-state index < -0.39 is 11.7 Å². The van der Waals surface area contributed by atoms with E-state index in [1.54, 1.807) is 0 Å². The molecule has 0 radical (unpaired) electrons. The van der Waals surface area contributed by atoms with Gasteiger partial charge in [0.2, 0.25) is 5.91 Å². The van der Waals surface area contributed by atoms with E-state index in [9.17, 15) is 18.0 Å². The van der Waals surface area contributed by atoms with Gasteiger partial charge >= 0.3 is 6.18 Å². The highest BCUT2D eigenvalue weighted by atomic mass is 19.4. The van der Waals surface area contributed by atoms with Crippen LogP contribution >= 0.6 is 0 Å². The van der Waals surface area contributed by atoms with Gasteiger partial charge in [-0.25, -0.2) is 0 Å². The van der Waals surface area contributed by atoms with Crippen molar-refractivity contribution in [2.24, 2.45) is 5.92 Å². The summed E-state index contributed by atoms with van der Waals surface area (Å²) in [6.07, 6.45) is -2.49. The van der Waals surface area contributed by atoms with Crippen molar-refractivity contribution < 1.29 is 18.0 Å². The highest BCUT2D eigenvalue weighted by molar-refractivity contribution is 5.80. The van der Waals surface area contributed by atoms with Gasteiger partial charge in [0.05, 0.1) is 23.1 Å². The van der Waals surface area contributed by atoms with E-state index in [1.165, 1.54) is 13.1 Å². The number of hydrogen-bond donors (Lipinski definition) is 2. The summed E-state index contributed by atoms with van der Waals surface area (Å²) in [6.45, 7) is 0. The summed E-state index contributed by atoms with van der Waals surface area (Å²) in [5.74, 6) is -0.545. The Hall–Kier alpha value is -2.23. The van der Waals surface area contributed by atoms with Crippen LogP contribution in [0.1, 0.15) is 30.4 Å². The van der Waals surface area contributed by atoms with Crippen molar-refractivity contribution in [3.05, 3.63) is 29.3 Å².